The average molecular weight is 380 g/mol. The Kier molecular flexibility index (Phi) is 5.22. The minimum Gasteiger partial charge on any atom is -0.369 e. The third-order valence-electron chi connectivity index (χ3n) is 4.43. The van der Waals surface area contributed by atoms with Crippen LogP contribution in [0.25, 0.3) is 0 Å². The summed E-state index contributed by atoms with van der Waals surface area (Å²) in [7, 11) is -1.51. The predicted molar refractivity (Wildman–Crippen MR) is 103 cm³/mol. The predicted octanol–water partition coefficient (Wildman–Crippen LogP) is 3.20. The molecule has 0 saturated carbocycles. The molecule has 0 bridgehead atoms. The van der Waals surface area contributed by atoms with E-state index in [1.807, 2.05) is 12.1 Å². The van der Waals surface area contributed by atoms with Crippen molar-refractivity contribution in [3.05, 3.63) is 53.1 Å². The summed E-state index contributed by atoms with van der Waals surface area (Å²) >= 11 is 5.97. The van der Waals surface area contributed by atoms with Gasteiger partial charge in [-0.25, -0.2) is 8.42 Å². The van der Waals surface area contributed by atoms with Gasteiger partial charge in [0.05, 0.1) is 4.90 Å². The SMILES string of the molecule is Cc1cc(S(=O)(=O)Nc2ccc(N3CCN(C)CC3)cc2)ccc1Cl. The van der Waals surface area contributed by atoms with Crippen molar-refractivity contribution in [2.75, 3.05) is 42.8 Å². The molecule has 2 aromatic rings. The number of hydrogen-bond donors (Lipinski definition) is 1. The van der Waals surface area contributed by atoms with Crippen molar-refractivity contribution in [1.82, 2.24) is 4.90 Å². The number of nitrogens with zero attached hydrogens (tertiary/aromatic N) is 2. The quantitative estimate of drug-likeness (QED) is 0.886. The number of piperazine rings is 1. The summed E-state index contributed by atoms with van der Waals surface area (Å²) < 4.78 is 27.7. The summed E-state index contributed by atoms with van der Waals surface area (Å²) in [6.45, 7) is 5.80. The molecule has 0 aromatic heterocycles. The molecule has 25 heavy (non-hydrogen) atoms. The summed E-state index contributed by atoms with van der Waals surface area (Å²) in [4.78, 5) is 4.81. The fourth-order valence-electron chi connectivity index (χ4n) is 2.80. The normalized spacial score (nSPS) is 16.0. The van der Waals surface area contributed by atoms with E-state index in [-0.39, 0.29) is 4.90 Å². The first kappa shape index (κ1) is 18.0. The number of benzene rings is 2. The Morgan fingerprint density at radius 2 is 1.64 bits per heavy atom. The molecule has 134 valence electrons. The molecule has 1 N–H and O–H groups in total. The molecule has 1 fully saturated rings. The second-order valence-corrected chi connectivity index (χ2v) is 8.44. The van der Waals surface area contributed by atoms with Gasteiger partial charge in [-0.2, -0.15) is 0 Å². The topological polar surface area (TPSA) is 52.7 Å². The van der Waals surface area contributed by atoms with Crippen LogP contribution in [0.3, 0.4) is 0 Å². The minimum atomic E-state index is -3.63. The van der Waals surface area contributed by atoms with Gasteiger partial charge in [0.1, 0.15) is 0 Å². The van der Waals surface area contributed by atoms with Gasteiger partial charge in [0, 0.05) is 42.6 Å². The number of hydrogen-bond acceptors (Lipinski definition) is 4. The number of rotatable bonds is 4. The molecule has 0 amide bonds. The summed E-state index contributed by atoms with van der Waals surface area (Å²) in [6, 6.07) is 12.2. The molecule has 2 aromatic carbocycles. The van der Waals surface area contributed by atoms with E-state index in [0.717, 1.165) is 37.4 Å². The first-order valence-electron chi connectivity index (χ1n) is 8.18. The fourth-order valence-corrected chi connectivity index (χ4v) is 4.06. The van der Waals surface area contributed by atoms with Crippen molar-refractivity contribution >= 4 is 33.0 Å². The third-order valence-corrected chi connectivity index (χ3v) is 6.23. The van der Waals surface area contributed by atoms with E-state index >= 15 is 0 Å². The van der Waals surface area contributed by atoms with Gasteiger partial charge in [-0.1, -0.05) is 11.6 Å². The van der Waals surface area contributed by atoms with Crippen LogP contribution in [0.2, 0.25) is 5.02 Å². The maximum Gasteiger partial charge on any atom is 0.261 e. The smallest absolute Gasteiger partial charge is 0.261 e. The van der Waals surface area contributed by atoms with Crippen LogP contribution >= 0.6 is 11.6 Å². The molecule has 7 heteroatoms. The zero-order valence-corrected chi connectivity index (χ0v) is 15.9. The zero-order chi connectivity index (χ0) is 18.0. The van der Waals surface area contributed by atoms with Gasteiger partial charge in [-0.15, -0.1) is 0 Å². The van der Waals surface area contributed by atoms with Crippen LogP contribution in [0.4, 0.5) is 11.4 Å². The van der Waals surface area contributed by atoms with Crippen LogP contribution in [0.1, 0.15) is 5.56 Å². The maximum absolute atomic E-state index is 12.5. The van der Waals surface area contributed by atoms with Crippen molar-refractivity contribution in [1.29, 1.82) is 0 Å². The number of likely N-dealkylation sites (N-methyl/N-ethyl adjacent to an activating group) is 1. The molecule has 3 rings (SSSR count). The summed E-state index contributed by atoms with van der Waals surface area (Å²) in [5, 5.41) is 0.551. The fraction of sp³-hybridized carbons (Fsp3) is 0.333. The number of halogens is 1. The Labute approximate surface area is 154 Å². The third kappa shape index (κ3) is 4.26. The van der Waals surface area contributed by atoms with Gasteiger partial charge >= 0.3 is 0 Å². The number of aryl methyl sites for hydroxylation is 1. The van der Waals surface area contributed by atoms with E-state index in [1.54, 1.807) is 31.2 Å². The second-order valence-electron chi connectivity index (χ2n) is 6.35. The van der Waals surface area contributed by atoms with Crippen molar-refractivity contribution in [3.63, 3.8) is 0 Å². The molecule has 1 heterocycles. The molecule has 0 radical (unpaired) electrons. The molecule has 0 spiro atoms. The second kappa shape index (κ2) is 7.23. The average Bonchev–Trinajstić information content (AvgIpc) is 2.58. The van der Waals surface area contributed by atoms with E-state index in [1.165, 1.54) is 6.07 Å². The molecule has 1 saturated heterocycles. The van der Waals surface area contributed by atoms with Crippen LogP contribution in [0, 0.1) is 6.92 Å². The maximum atomic E-state index is 12.5. The standard InChI is InChI=1S/C18H22ClN3O2S/c1-14-13-17(7-8-18(14)19)25(23,24)20-15-3-5-16(6-4-15)22-11-9-21(2)10-12-22/h3-8,13,20H,9-12H2,1-2H3. The lowest BCUT2D eigenvalue weighted by Gasteiger charge is -2.34. The van der Waals surface area contributed by atoms with Crippen LogP contribution in [0.5, 0.6) is 0 Å². The largest absolute Gasteiger partial charge is 0.369 e. The Bertz CT molecular complexity index is 845. The molecule has 0 aliphatic carbocycles. The monoisotopic (exact) mass is 379 g/mol. The van der Waals surface area contributed by atoms with Gasteiger partial charge in [0.15, 0.2) is 0 Å². The van der Waals surface area contributed by atoms with Crippen molar-refractivity contribution in [3.8, 4) is 0 Å². The van der Waals surface area contributed by atoms with Crippen LogP contribution in [-0.4, -0.2) is 46.5 Å². The molecule has 0 atom stereocenters. The van der Waals surface area contributed by atoms with E-state index < -0.39 is 10.0 Å². The van der Waals surface area contributed by atoms with Gasteiger partial charge in [-0.05, 0) is 62.0 Å². The van der Waals surface area contributed by atoms with Gasteiger partial charge < -0.3 is 9.80 Å². The Morgan fingerprint density at radius 3 is 2.24 bits per heavy atom. The van der Waals surface area contributed by atoms with Crippen LogP contribution in [-0.2, 0) is 10.0 Å². The van der Waals surface area contributed by atoms with Crippen LogP contribution < -0.4 is 9.62 Å². The lowest BCUT2D eigenvalue weighted by molar-refractivity contribution is 0.313. The molecule has 1 aliphatic heterocycles. The van der Waals surface area contributed by atoms with E-state index in [2.05, 4.69) is 21.6 Å². The first-order valence-corrected chi connectivity index (χ1v) is 10.0. The molecular weight excluding hydrogens is 358 g/mol. The number of anilines is 2. The van der Waals surface area contributed by atoms with E-state index in [4.69, 9.17) is 11.6 Å². The van der Waals surface area contributed by atoms with Crippen molar-refractivity contribution in [2.45, 2.75) is 11.8 Å². The van der Waals surface area contributed by atoms with E-state index in [9.17, 15) is 8.42 Å². The molecular formula is C18H22ClN3O2S. The number of nitrogens with one attached hydrogen (secondary N) is 1. The highest BCUT2D eigenvalue weighted by Gasteiger charge is 2.17. The highest BCUT2D eigenvalue weighted by Crippen LogP contribution is 2.24. The Hall–Kier alpha value is -1.76. The minimum absolute atomic E-state index is 0.206. The lowest BCUT2D eigenvalue weighted by Crippen LogP contribution is -2.44. The summed E-state index contributed by atoms with van der Waals surface area (Å²) in [5.41, 5.74) is 2.39. The van der Waals surface area contributed by atoms with Gasteiger partial charge in [0.2, 0.25) is 0 Å². The highest BCUT2D eigenvalue weighted by molar-refractivity contribution is 7.92. The lowest BCUT2D eigenvalue weighted by atomic mass is 10.2. The van der Waals surface area contributed by atoms with Gasteiger partial charge in [-0.3, -0.25) is 4.72 Å². The highest BCUT2D eigenvalue weighted by atomic mass is 35.5. The molecule has 0 unspecified atom stereocenters. The van der Waals surface area contributed by atoms with Crippen LogP contribution in [0.15, 0.2) is 47.4 Å². The molecule has 5 nitrogen and oxygen atoms in total. The Balaban J connectivity index is 1.73. The number of sulfonamides is 1. The zero-order valence-electron chi connectivity index (χ0n) is 14.4. The molecule has 1 aliphatic rings. The summed E-state index contributed by atoms with van der Waals surface area (Å²) in [6.07, 6.45) is 0. The van der Waals surface area contributed by atoms with E-state index in [0.29, 0.717) is 10.7 Å². The van der Waals surface area contributed by atoms with Gasteiger partial charge in [0.25, 0.3) is 10.0 Å². The van der Waals surface area contributed by atoms with Crippen molar-refractivity contribution in [2.24, 2.45) is 0 Å². The van der Waals surface area contributed by atoms with Crippen molar-refractivity contribution < 1.29 is 8.42 Å². The Morgan fingerprint density at radius 1 is 1.00 bits per heavy atom. The first-order chi connectivity index (χ1) is 11.8. The summed E-state index contributed by atoms with van der Waals surface area (Å²) in [5.74, 6) is 0.